The average molecular weight is 375 g/mol. The highest BCUT2D eigenvalue weighted by molar-refractivity contribution is 7.90. The van der Waals surface area contributed by atoms with Crippen molar-refractivity contribution in [2.75, 3.05) is 7.11 Å². The highest BCUT2D eigenvalue weighted by Gasteiger charge is 2.41. The van der Waals surface area contributed by atoms with Gasteiger partial charge in [-0.3, -0.25) is 0 Å². The summed E-state index contributed by atoms with van der Waals surface area (Å²) in [5, 5.41) is 4.36. The van der Waals surface area contributed by atoms with Crippen molar-refractivity contribution in [3.63, 3.8) is 0 Å². The molecule has 0 saturated heterocycles. The first-order chi connectivity index (χ1) is 12.3. The minimum absolute atomic E-state index is 0.00596. The molecule has 0 radical (unpaired) electrons. The van der Waals surface area contributed by atoms with E-state index >= 15 is 0 Å². The molecule has 1 N–H and O–H groups in total. The van der Waals surface area contributed by atoms with Crippen LogP contribution >= 0.6 is 0 Å². The lowest BCUT2D eigenvalue weighted by Crippen LogP contribution is -2.38. The molecule has 0 spiro atoms. The number of nitrogens with one attached hydrogen (secondary N) is 1. The molecule has 7 heteroatoms. The Labute approximate surface area is 154 Å². The van der Waals surface area contributed by atoms with Gasteiger partial charge >= 0.3 is 0 Å². The van der Waals surface area contributed by atoms with Crippen LogP contribution in [0.5, 0.6) is 5.75 Å². The van der Waals surface area contributed by atoms with E-state index in [9.17, 15) is 8.42 Å². The number of aromatic nitrogens is 2. The average Bonchev–Trinajstić information content (AvgIpc) is 3.36. The lowest BCUT2D eigenvalue weighted by atomic mass is 9.74. The normalized spacial score (nSPS) is 22.0. The summed E-state index contributed by atoms with van der Waals surface area (Å²) < 4.78 is 35.1. The topological polar surface area (TPSA) is 73.2 Å². The minimum atomic E-state index is -3.25. The smallest absolute Gasteiger partial charge is 0.215 e. The van der Waals surface area contributed by atoms with Gasteiger partial charge < -0.3 is 4.74 Å². The van der Waals surface area contributed by atoms with Gasteiger partial charge in [0, 0.05) is 11.3 Å². The largest absolute Gasteiger partial charge is 0.497 e. The van der Waals surface area contributed by atoms with Crippen LogP contribution in [0.4, 0.5) is 0 Å². The molecule has 1 aromatic heterocycles. The maximum atomic E-state index is 12.5. The summed E-state index contributed by atoms with van der Waals surface area (Å²) in [6.07, 6.45) is 4.98. The monoisotopic (exact) mass is 375 g/mol. The van der Waals surface area contributed by atoms with Gasteiger partial charge in [-0.2, -0.15) is 5.10 Å². The molecule has 6 nitrogen and oxygen atoms in total. The second-order valence-electron chi connectivity index (χ2n) is 8.12. The first-order valence-corrected chi connectivity index (χ1v) is 10.6. The van der Waals surface area contributed by atoms with E-state index in [2.05, 4.69) is 23.7 Å². The van der Waals surface area contributed by atoms with Gasteiger partial charge in [0.05, 0.1) is 30.3 Å². The lowest BCUT2D eigenvalue weighted by Gasteiger charge is -2.35. The van der Waals surface area contributed by atoms with Crippen LogP contribution in [0.1, 0.15) is 50.4 Å². The number of hydrogen-bond donors (Lipinski definition) is 1. The van der Waals surface area contributed by atoms with Crippen molar-refractivity contribution >= 4 is 10.0 Å². The number of rotatable bonds is 5. The molecule has 2 aromatic rings. The summed E-state index contributed by atoms with van der Waals surface area (Å²) in [4.78, 5) is 0. The quantitative estimate of drug-likeness (QED) is 0.872. The minimum Gasteiger partial charge on any atom is -0.497 e. The third-order valence-corrected chi connectivity index (χ3v) is 7.23. The molecule has 1 heterocycles. The third kappa shape index (κ3) is 3.25. The van der Waals surface area contributed by atoms with Gasteiger partial charge in [0.15, 0.2) is 0 Å². The molecule has 1 fully saturated rings. The van der Waals surface area contributed by atoms with Gasteiger partial charge in [-0.05, 0) is 55.4 Å². The molecular formula is C19H25N3O3S. The number of sulfonamides is 1. The van der Waals surface area contributed by atoms with E-state index in [0.717, 1.165) is 48.4 Å². The molecule has 140 valence electrons. The Morgan fingerprint density at radius 1 is 1.23 bits per heavy atom. The van der Waals surface area contributed by atoms with Gasteiger partial charge in [0.1, 0.15) is 5.75 Å². The molecule has 2 aliphatic carbocycles. The molecule has 1 atom stereocenters. The zero-order valence-corrected chi connectivity index (χ0v) is 16.2. The fraction of sp³-hybridized carbons (Fsp3) is 0.526. The molecule has 0 aliphatic heterocycles. The van der Waals surface area contributed by atoms with Crippen LogP contribution in [0.25, 0.3) is 5.69 Å². The summed E-state index contributed by atoms with van der Waals surface area (Å²) in [6, 6.07) is 7.54. The number of benzene rings is 1. The number of methoxy groups -OCH3 is 1. The zero-order chi connectivity index (χ0) is 18.5. The van der Waals surface area contributed by atoms with Crippen LogP contribution in [-0.4, -0.2) is 30.6 Å². The van der Waals surface area contributed by atoms with Gasteiger partial charge in [-0.15, -0.1) is 0 Å². The van der Waals surface area contributed by atoms with E-state index < -0.39 is 10.0 Å². The van der Waals surface area contributed by atoms with Gasteiger partial charge in [0.25, 0.3) is 0 Å². The third-order valence-electron chi connectivity index (χ3n) is 5.27. The molecule has 0 bridgehead atoms. The van der Waals surface area contributed by atoms with Crippen molar-refractivity contribution < 1.29 is 13.2 Å². The van der Waals surface area contributed by atoms with Crippen molar-refractivity contribution in [2.45, 2.75) is 50.8 Å². The van der Waals surface area contributed by atoms with Crippen molar-refractivity contribution in [3.05, 3.63) is 41.7 Å². The van der Waals surface area contributed by atoms with Crippen LogP contribution in [0.3, 0.4) is 0 Å². The Kier molecular flexibility index (Phi) is 4.11. The summed E-state index contributed by atoms with van der Waals surface area (Å²) >= 11 is 0. The maximum Gasteiger partial charge on any atom is 0.215 e. The lowest BCUT2D eigenvalue weighted by molar-refractivity contribution is 0.268. The summed E-state index contributed by atoms with van der Waals surface area (Å²) in [6.45, 7) is 4.36. The Morgan fingerprint density at radius 3 is 2.54 bits per heavy atom. The van der Waals surface area contributed by atoms with Crippen molar-refractivity contribution in [1.82, 2.24) is 14.5 Å². The van der Waals surface area contributed by atoms with E-state index in [1.807, 2.05) is 35.1 Å². The second kappa shape index (κ2) is 6.09. The Morgan fingerprint density at radius 2 is 1.92 bits per heavy atom. The fourth-order valence-corrected chi connectivity index (χ4v) is 5.32. The summed E-state index contributed by atoms with van der Waals surface area (Å²) in [7, 11) is -1.60. The summed E-state index contributed by atoms with van der Waals surface area (Å²) in [5.74, 6) is 0.796. The predicted octanol–water partition coefficient (Wildman–Crippen LogP) is 2.98. The Bertz CT molecular complexity index is 912. The number of ether oxygens (including phenoxy) is 1. The highest BCUT2D eigenvalue weighted by atomic mass is 32.2. The molecule has 1 saturated carbocycles. The van der Waals surface area contributed by atoms with Crippen molar-refractivity contribution in [3.8, 4) is 11.4 Å². The highest BCUT2D eigenvalue weighted by Crippen LogP contribution is 2.42. The van der Waals surface area contributed by atoms with Gasteiger partial charge in [-0.25, -0.2) is 17.8 Å². The SMILES string of the molecule is COc1ccc(-n2ncc3c2CC(C)(C)C[C@@H]3NS(=O)(=O)C2CC2)cc1. The van der Waals surface area contributed by atoms with E-state index in [1.54, 1.807) is 7.11 Å². The van der Waals surface area contributed by atoms with E-state index in [-0.39, 0.29) is 16.7 Å². The van der Waals surface area contributed by atoms with Gasteiger partial charge in [0.2, 0.25) is 10.0 Å². The van der Waals surface area contributed by atoms with Crippen LogP contribution in [0.2, 0.25) is 0 Å². The molecule has 0 unspecified atom stereocenters. The molecular weight excluding hydrogens is 350 g/mol. The molecule has 2 aliphatic rings. The van der Waals surface area contributed by atoms with Crippen molar-refractivity contribution in [2.24, 2.45) is 5.41 Å². The molecule has 1 aromatic carbocycles. The maximum absolute atomic E-state index is 12.5. The van der Waals surface area contributed by atoms with Gasteiger partial charge in [-0.1, -0.05) is 13.8 Å². The van der Waals surface area contributed by atoms with E-state index in [0.29, 0.717) is 0 Å². The number of fused-ring (bicyclic) bond motifs is 1. The zero-order valence-electron chi connectivity index (χ0n) is 15.4. The Hall–Kier alpha value is -1.86. The van der Waals surface area contributed by atoms with Crippen LogP contribution in [0.15, 0.2) is 30.5 Å². The van der Waals surface area contributed by atoms with Crippen LogP contribution < -0.4 is 9.46 Å². The number of hydrogen-bond acceptors (Lipinski definition) is 4. The predicted molar refractivity (Wildman–Crippen MR) is 100 cm³/mol. The standard InChI is InChI=1S/C19H25N3O3S/c1-19(2)10-17(21-26(23,24)15-8-9-15)16-12-20-22(18(16)11-19)13-4-6-14(25-3)7-5-13/h4-7,12,15,17,21H,8-11H2,1-3H3/t17-/m0/s1. The van der Waals surface area contributed by atoms with Crippen LogP contribution in [0, 0.1) is 5.41 Å². The summed E-state index contributed by atoms with van der Waals surface area (Å²) in [5.41, 5.74) is 3.02. The second-order valence-corrected chi connectivity index (χ2v) is 10.1. The molecule has 4 rings (SSSR count). The fourth-order valence-electron chi connectivity index (χ4n) is 3.77. The van der Waals surface area contributed by atoms with Crippen LogP contribution in [-0.2, 0) is 16.4 Å². The molecule has 0 amide bonds. The first kappa shape index (κ1) is 17.5. The molecule has 26 heavy (non-hydrogen) atoms. The number of nitrogens with zero attached hydrogens (tertiary/aromatic N) is 2. The van der Waals surface area contributed by atoms with E-state index in [1.165, 1.54) is 0 Å². The Balaban J connectivity index is 1.71. The first-order valence-electron chi connectivity index (χ1n) is 9.01. The van der Waals surface area contributed by atoms with Crippen molar-refractivity contribution in [1.29, 1.82) is 0 Å². The van der Waals surface area contributed by atoms with E-state index in [4.69, 9.17) is 4.74 Å².